The Morgan fingerprint density at radius 1 is 0.819 bits per heavy atom. The van der Waals surface area contributed by atoms with Crippen LogP contribution in [-0.2, 0) is 58.1 Å². The van der Waals surface area contributed by atoms with Crippen molar-refractivity contribution in [2.75, 3.05) is 13.7 Å². The second-order valence-electron chi connectivity index (χ2n) is 25.2. The molecule has 2 saturated carbocycles. The van der Waals surface area contributed by atoms with Gasteiger partial charge in [0.2, 0.25) is 8.32 Å². The number of ketones is 1. The van der Waals surface area contributed by atoms with Crippen LogP contribution in [-0.4, -0.2) is 119 Å². The molecule has 3 aliphatic carbocycles. The molecule has 1 spiro atoms. The van der Waals surface area contributed by atoms with Crippen molar-refractivity contribution in [3.63, 3.8) is 0 Å². The lowest BCUT2D eigenvalue weighted by atomic mass is 9.44. The molecule has 8 rings (SSSR count). The number of carbonyl (C=O) groups is 6. The van der Waals surface area contributed by atoms with Gasteiger partial charge in [-0.25, -0.2) is 14.4 Å². The predicted octanol–water partition coefficient (Wildman–Crippen LogP) is 11.1. The molecule has 18 heteroatoms. The van der Waals surface area contributed by atoms with Crippen molar-refractivity contribution in [3.8, 4) is 5.75 Å². The number of hydrogen-bond donors (Lipinski definition) is 2. The molecule has 5 aliphatic rings. The summed E-state index contributed by atoms with van der Waals surface area (Å²) in [6.07, 6.45) is -5.90. The number of hydrogen-bond acceptors (Lipinski definition) is 15. The summed E-state index contributed by atoms with van der Waals surface area (Å²) in [7, 11) is -4.40. The Labute approximate surface area is 492 Å². The fourth-order valence-electron chi connectivity index (χ4n) is 15.1. The van der Waals surface area contributed by atoms with Crippen molar-refractivity contribution in [2.24, 2.45) is 16.7 Å². The first kappa shape index (κ1) is 63.3. The minimum absolute atomic E-state index is 0.0483. The lowest BCUT2D eigenvalue weighted by Crippen LogP contribution is -2.82. The van der Waals surface area contributed by atoms with Crippen molar-refractivity contribution in [1.82, 2.24) is 5.32 Å². The van der Waals surface area contributed by atoms with Crippen molar-refractivity contribution in [2.45, 2.75) is 205 Å². The minimum Gasteiger partial charge on any atom is -0.497 e. The average Bonchev–Trinajstić information content (AvgIpc) is 1.25. The predicted molar refractivity (Wildman–Crippen MR) is 317 cm³/mol. The quantitative estimate of drug-likeness (QED) is 0.0592. The first-order valence-electron chi connectivity index (χ1n) is 29.7. The number of Topliss-reactive ketones (excluding diaryl/α,β-unsaturated/α-hetero) is 1. The van der Waals surface area contributed by atoms with E-state index < -0.39 is 129 Å². The van der Waals surface area contributed by atoms with E-state index in [1.54, 1.807) is 88.4 Å². The molecular formula is C65H87NO15Si2. The number of fused-ring (bicyclic) bond motifs is 3. The summed E-state index contributed by atoms with van der Waals surface area (Å²) < 4.78 is 54.2. The third-order valence-electron chi connectivity index (χ3n) is 19.9. The Hall–Kier alpha value is -5.77. The van der Waals surface area contributed by atoms with E-state index in [9.17, 15) is 14.7 Å². The number of esters is 4. The van der Waals surface area contributed by atoms with Crippen molar-refractivity contribution in [3.05, 3.63) is 124 Å². The number of allylic oxidation sites excluding steroid dienone is 1. The monoisotopic (exact) mass is 1180 g/mol. The molecule has 16 nitrogen and oxygen atoms in total. The number of nitrogens with one attached hydrogen (secondary N) is 1. The molecule has 4 bridgehead atoms. The number of ether oxygens (including phenoxy) is 6. The van der Waals surface area contributed by atoms with Crippen LogP contribution in [0.3, 0.4) is 0 Å². The first-order valence-corrected chi connectivity index (χ1v) is 34.3. The van der Waals surface area contributed by atoms with Crippen LogP contribution in [0.4, 0.5) is 0 Å². The second-order valence-corrected chi connectivity index (χ2v) is 35.3. The van der Waals surface area contributed by atoms with Crippen LogP contribution in [0.5, 0.6) is 5.75 Å². The summed E-state index contributed by atoms with van der Waals surface area (Å²) in [5, 5.41) is 17.9. The molecular weight excluding hydrogens is 1090 g/mol. The van der Waals surface area contributed by atoms with Crippen molar-refractivity contribution < 1.29 is 71.1 Å². The van der Waals surface area contributed by atoms with E-state index in [2.05, 4.69) is 67.6 Å². The van der Waals surface area contributed by atoms with Gasteiger partial charge in [0.15, 0.2) is 31.9 Å². The molecule has 3 fully saturated rings. The zero-order valence-corrected chi connectivity index (χ0v) is 53.1. The molecule has 1 amide bonds. The maximum atomic E-state index is 16.9. The highest BCUT2D eigenvalue weighted by Crippen LogP contribution is 2.65. The fraction of sp³-hybridized carbons (Fsp3) is 0.569. The molecule has 1 saturated heterocycles. The Bertz CT molecular complexity index is 2980. The molecule has 83 heavy (non-hydrogen) atoms. The van der Waals surface area contributed by atoms with Gasteiger partial charge < -0.3 is 47.7 Å². The van der Waals surface area contributed by atoms with Gasteiger partial charge in [-0.1, -0.05) is 131 Å². The van der Waals surface area contributed by atoms with E-state index in [0.29, 0.717) is 46.1 Å². The van der Waals surface area contributed by atoms with Crippen LogP contribution < -0.4 is 10.1 Å². The summed E-state index contributed by atoms with van der Waals surface area (Å²) in [4.78, 5) is 92.2. The van der Waals surface area contributed by atoms with Crippen LogP contribution in [0.2, 0.25) is 34.8 Å². The molecule has 2 N–H and O–H groups in total. The van der Waals surface area contributed by atoms with E-state index in [1.807, 2.05) is 18.2 Å². The number of benzene rings is 3. The molecule has 3 aromatic carbocycles. The number of amides is 1. The molecule has 2 heterocycles. The highest BCUT2D eigenvalue weighted by molar-refractivity contribution is 6.77. The van der Waals surface area contributed by atoms with Gasteiger partial charge >= 0.3 is 23.9 Å². The van der Waals surface area contributed by atoms with Crippen LogP contribution in [0, 0.1) is 16.7 Å². The van der Waals surface area contributed by atoms with Crippen LogP contribution >= 0.6 is 0 Å². The summed E-state index contributed by atoms with van der Waals surface area (Å²) >= 11 is 0. The topological polar surface area (TPSA) is 209 Å². The molecule has 3 aromatic rings. The SMILES string of the molecule is CC[Si](CC)(CC)O[C@H]1C[C@H]2OC[C@]23OC(=O)/C=C\Cc2ccccc2[C@H](NC(=O)c2ccccc2)[C@@H](O[Si](C(C)C)(C(C)C)C(C)C)C(=O)O[C@H]2C[C@@]4(O)[C@@H](OC(=O)c5cccc(OC)c5)[C@H]3[C@]1(C)C(=O)[C@H](OC(C)=O)C(=C2C)C4(C)C. The summed E-state index contributed by atoms with van der Waals surface area (Å²) in [5.74, 6) is -5.71. The van der Waals surface area contributed by atoms with Gasteiger partial charge in [-0.2, -0.15) is 0 Å². The molecule has 11 atom stereocenters. The smallest absolute Gasteiger partial charge is 0.338 e. The Morgan fingerprint density at radius 3 is 2.04 bits per heavy atom. The van der Waals surface area contributed by atoms with E-state index in [1.165, 1.54) is 26.2 Å². The summed E-state index contributed by atoms with van der Waals surface area (Å²) in [6, 6.07) is 23.1. The number of carbonyl (C=O) groups excluding carboxylic acids is 6. The molecule has 0 radical (unpaired) electrons. The Balaban J connectivity index is 1.47. The average molecular weight is 1180 g/mol. The van der Waals surface area contributed by atoms with Crippen LogP contribution in [0.25, 0.3) is 0 Å². The largest absolute Gasteiger partial charge is 0.497 e. The van der Waals surface area contributed by atoms with Gasteiger partial charge in [-0.05, 0) is 108 Å². The highest BCUT2D eigenvalue weighted by atomic mass is 28.4. The van der Waals surface area contributed by atoms with Gasteiger partial charge in [0, 0.05) is 36.8 Å². The lowest BCUT2D eigenvalue weighted by Gasteiger charge is -2.68. The van der Waals surface area contributed by atoms with Crippen LogP contribution in [0.1, 0.15) is 148 Å². The maximum absolute atomic E-state index is 16.9. The first-order chi connectivity index (χ1) is 39.2. The van der Waals surface area contributed by atoms with E-state index >= 15 is 19.2 Å². The fourth-order valence-corrected chi connectivity index (χ4v) is 23.6. The standard InChI is InChI=1S/C65H87NO15Si2/c1-16-82(17-2,18-3)80-49-35-50-64(37-75-50)56-58(78-60(71)45-30-24-31-46(34-45)74-15)65(73)36-48(41(10)52(62(65,12)13)54(76-42(11)67)57(69)63(49,56)14)77-61(72)55(81-83(38(4)5,39(6)7)40(8)9)53(66-59(70)44-27-20-19-21-28-44)47-32-23-22-26-43(47)29-25-33-51(68)79-64/h19-28,30-34,38-40,48-50,53-56,58,73H,16-18,29,35-37H2,1-15H3,(H,66,70)/b33-25-/t48-,49-,50+,53-,54+,55+,56-,58-,63+,64-,65+/m0/s1. The molecule has 450 valence electrons. The van der Waals surface area contributed by atoms with E-state index in [0.717, 1.165) is 0 Å². The minimum atomic E-state index is -3.14. The third-order valence-corrected chi connectivity index (χ3v) is 30.6. The van der Waals surface area contributed by atoms with E-state index in [4.69, 9.17) is 37.3 Å². The summed E-state index contributed by atoms with van der Waals surface area (Å²) in [5.41, 5.74) is -5.99. The Morgan fingerprint density at radius 2 is 1.45 bits per heavy atom. The number of aliphatic hydroxyl groups is 1. The molecule has 2 aliphatic heterocycles. The number of methoxy groups -OCH3 is 1. The maximum Gasteiger partial charge on any atom is 0.338 e. The van der Waals surface area contributed by atoms with Gasteiger partial charge in [-0.15, -0.1) is 0 Å². The van der Waals surface area contributed by atoms with E-state index in [-0.39, 0.29) is 47.2 Å². The van der Waals surface area contributed by atoms with Crippen molar-refractivity contribution in [1.29, 1.82) is 0 Å². The van der Waals surface area contributed by atoms with Gasteiger partial charge in [0.25, 0.3) is 5.91 Å². The van der Waals surface area contributed by atoms with Gasteiger partial charge in [0.05, 0.1) is 42.8 Å². The lowest BCUT2D eigenvalue weighted by molar-refractivity contribution is -0.344. The normalized spacial score (nSPS) is 30.2. The highest BCUT2D eigenvalue weighted by Gasteiger charge is 2.79. The van der Waals surface area contributed by atoms with Crippen molar-refractivity contribution >= 4 is 52.2 Å². The van der Waals surface area contributed by atoms with Gasteiger partial charge in [0.1, 0.15) is 29.7 Å². The second kappa shape index (κ2) is 24.3. The number of rotatable bonds is 16. The van der Waals surface area contributed by atoms with Crippen LogP contribution in [0.15, 0.2) is 102 Å². The summed E-state index contributed by atoms with van der Waals surface area (Å²) in [6.45, 7) is 26.4. The molecule has 0 aromatic heterocycles. The molecule has 0 unspecified atom stereocenters. The zero-order valence-electron chi connectivity index (χ0n) is 51.1. The zero-order chi connectivity index (χ0) is 60.8. The third kappa shape index (κ3) is 11.0. The van der Waals surface area contributed by atoms with Gasteiger partial charge in [-0.3, -0.25) is 14.4 Å². The Kier molecular flexibility index (Phi) is 18.5.